The van der Waals surface area contributed by atoms with Gasteiger partial charge in [-0.1, -0.05) is 26.7 Å². The molecule has 0 radical (unpaired) electrons. The Morgan fingerprint density at radius 1 is 1.06 bits per heavy atom. The van der Waals surface area contributed by atoms with Gasteiger partial charge in [-0.15, -0.1) is 0 Å². The first-order chi connectivity index (χ1) is 8.19. The minimum Gasteiger partial charge on any atom is -0.330 e. The maximum atomic E-state index is 5.88. The lowest BCUT2D eigenvalue weighted by atomic mass is 9.81. The van der Waals surface area contributed by atoms with E-state index in [4.69, 9.17) is 5.73 Å². The molecule has 2 nitrogen and oxygen atoms in total. The zero-order valence-electron chi connectivity index (χ0n) is 11.7. The highest BCUT2D eigenvalue weighted by molar-refractivity contribution is 4.81. The van der Waals surface area contributed by atoms with Gasteiger partial charge in [-0.2, -0.15) is 0 Å². The zero-order chi connectivity index (χ0) is 12.3. The van der Waals surface area contributed by atoms with Gasteiger partial charge >= 0.3 is 0 Å². The summed E-state index contributed by atoms with van der Waals surface area (Å²) in [5.41, 5.74) is 5.88. The predicted octanol–water partition coefficient (Wildman–Crippen LogP) is 2.73. The fraction of sp³-hybridized carbons (Fsp3) is 1.00. The Morgan fingerprint density at radius 3 is 2.41 bits per heavy atom. The van der Waals surface area contributed by atoms with E-state index >= 15 is 0 Å². The van der Waals surface area contributed by atoms with Crippen LogP contribution in [0.4, 0.5) is 0 Å². The second-order valence-corrected chi connectivity index (χ2v) is 6.65. The van der Waals surface area contributed by atoms with Crippen molar-refractivity contribution in [1.82, 2.24) is 4.90 Å². The highest BCUT2D eigenvalue weighted by Gasteiger charge is 2.27. The molecule has 2 fully saturated rings. The molecule has 0 bridgehead atoms. The third-order valence-corrected chi connectivity index (χ3v) is 5.15. The summed E-state index contributed by atoms with van der Waals surface area (Å²) in [4.78, 5) is 2.69. The Kier molecular flexibility index (Phi) is 4.87. The van der Waals surface area contributed by atoms with Crippen molar-refractivity contribution in [3.8, 4) is 0 Å². The predicted molar refractivity (Wildman–Crippen MR) is 73.9 cm³/mol. The van der Waals surface area contributed by atoms with Gasteiger partial charge in [0.2, 0.25) is 0 Å². The summed E-state index contributed by atoms with van der Waals surface area (Å²) < 4.78 is 0. The first kappa shape index (κ1) is 13.4. The summed E-state index contributed by atoms with van der Waals surface area (Å²) >= 11 is 0. The largest absolute Gasteiger partial charge is 0.330 e. The number of rotatable bonds is 3. The number of likely N-dealkylation sites (tertiary alicyclic amines) is 1. The molecular weight excluding hydrogens is 208 g/mol. The quantitative estimate of drug-likeness (QED) is 0.819. The molecule has 1 aliphatic carbocycles. The summed E-state index contributed by atoms with van der Waals surface area (Å²) in [5, 5.41) is 0. The van der Waals surface area contributed by atoms with Crippen molar-refractivity contribution < 1.29 is 0 Å². The van der Waals surface area contributed by atoms with Gasteiger partial charge in [0.15, 0.2) is 0 Å². The third-order valence-electron chi connectivity index (χ3n) is 5.15. The highest BCUT2D eigenvalue weighted by atomic mass is 15.1. The smallest absolute Gasteiger partial charge is 0.00244 e. The van der Waals surface area contributed by atoms with Crippen LogP contribution in [0.15, 0.2) is 0 Å². The minimum absolute atomic E-state index is 0.742. The van der Waals surface area contributed by atoms with Crippen LogP contribution in [0.3, 0.4) is 0 Å². The van der Waals surface area contributed by atoms with E-state index in [1.165, 1.54) is 51.7 Å². The first-order valence-electron chi connectivity index (χ1n) is 7.61. The number of nitrogens with two attached hydrogens (primary N) is 1. The monoisotopic (exact) mass is 238 g/mol. The van der Waals surface area contributed by atoms with E-state index < -0.39 is 0 Å². The van der Waals surface area contributed by atoms with Crippen molar-refractivity contribution in [2.75, 3.05) is 26.2 Å². The summed E-state index contributed by atoms with van der Waals surface area (Å²) in [6.07, 6.45) is 7.18. The molecule has 2 aliphatic rings. The van der Waals surface area contributed by atoms with E-state index in [1.807, 2.05) is 0 Å². The van der Waals surface area contributed by atoms with Crippen LogP contribution >= 0.6 is 0 Å². The maximum absolute atomic E-state index is 5.88. The zero-order valence-corrected chi connectivity index (χ0v) is 11.7. The van der Waals surface area contributed by atoms with Crippen LogP contribution in [0.1, 0.15) is 46.0 Å². The topological polar surface area (TPSA) is 29.3 Å². The van der Waals surface area contributed by atoms with Gasteiger partial charge < -0.3 is 10.6 Å². The fourth-order valence-corrected chi connectivity index (χ4v) is 3.57. The molecule has 2 unspecified atom stereocenters. The van der Waals surface area contributed by atoms with Crippen LogP contribution in [0.25, 0.3) is 0 Å². The van der Waals surface area contributed by atoms with Gasteiger partial charge in [-0.05, 0) is 56.0 Å². The Balaban J connectivity index is 1.75. The van der Waals surface area contributed by atoms with E-state index in [0.717, 1.165) is 30.2 Å². The number of piperidine rings is 1. The average molecular weight is 238 g/mol. The molecule has 0 amide bonds. The molecular formula is C15H30N2. The fourth-order valence-electron chi connectivity index (χ4n) is 3.57. The minimum atomic E-state index is 0.742. The number of hydrogen-bond donors (Lipinski definition) is 1. The molecule has 0 aromatic heterocycles. The Hall–Kier alpha value is -0.0800. The first-order valence-corrected chi connectivity index (χ1v) is 7.61. The lowest BCUT2D eigenvalue weighted by Crippen LogP contribution is -2.44. The Bertz CT molecular complexity index is 221. The van der Waals surface area contributed by atoms with Gasteiger partial charge in [0, 0.05) is 13.1 Å². The van der Waals surface area contributed by atoms with Crippen molar-refractivity contribution in [1.29, 1.82) is 0 Å². The molecule has 0 spiro atoms. The van der Waals surface area contributed by atoms with E-state index in [9.17, 15) is 0 Å². The van der Waals surface area contributed by atoms with Crippen molar-refractivity contribution in [3.05, 3.63) is 0 Å². The van der Waals surface area contributed by atoms with E-state index in [-0.39, 0.29) is 0 Å². The molecule has 17 heavy (non-hydrogen) atoms. The van der Waals surface area contributed by atoms with Crippen LogP contribution in [0.2, 0.25) is 0 Å². The van der Waals surface area contributed by atoms with E-state index in [0.29, 0.717) is 0 Å². The van der Waals surface area contributed by atoms with Crippen LogP contribution in [-0.4, -0.2) is 31.1 Å². The van der Waals surface area contributed by atoms with Crippen LogP contribution in [0.5, 0.6) is 0 Å². The highest BCUT2D eigenvalue weighted by Crippen LogP contribution is 2.30. The lowest BCUT2D eigenvalue weighted by molar-refractivity contribution is 0.102. The van der Waals surface area contributed by atoms with Gasteiger partial charge in [0.05, 0.1) is 0 Å². The van der Waals surface area contributed by atoms with Gasteiger partial charge in [0.1, 0.15) is 0 Å². The number of hydrogen-bond acceptors (Lipinski definition) is 2. The molecule has 1 saturated heterocycles. The van der Waals surface area contributed by atoms with Gasteiger partial charge in [-0.25, -0.2) is 0 Å². The SMILES string of the molecule is CC1CCC(CN2CCC(C)C(CN)C2)CC1. The number of nitrogens with zero attached hydrogens (tertiary/aromatic N) is 1. The average Bonchev–Trinajstić information content (AvgIpc) is 2.34. The normalized spacial score (nSPS) is 40.4. The molecule has 2 atom stereocenters. The van der Waals surface area contributed by atoms with E-state index in [2.05, 4.69) is 18.7 Å². The third kappa shape index (κ3) is 3.69. The summed E-state index contributed by atoms with van der Waals surface area (Å²) in [6, 6.07) is 0. The molecule has 0 aromatic rings. The second-order valence-electron chi connectivity index (χ2n) is 6.65. The summed E-state index contributed by atoms with van der Waals surface area (Å²) in [6.45, 7) is 9.56. The molecule has 0 aromatic carbocycles. The van der Waals surface area contributed by atoms with Crippen molar-refractivity contribution >= 4 is 0 Å². The van der Waals surface area contributed by atoms with Crippen molar-refractivity contribution in [3.63, 3.8) is 0 Å². The van der Waals surface area contributed by atoms with Gasteiger partial charge in [0.25, 0.3) is 0 Å². The summed E-state index contributed by atoms with van der Waals surface area (Å²) in [7, 11) is 0. The molecule has 1 heterocycles. The van der Waals surface area contributed by atoms with Crippen molar-refractivity contribution in [2.24, 2.45) is 29.4 Å². The standard InChI is InChI=1S/C15H30N2/c1-12-3-5-14(6-4-12)10-17-8-7-13(2)15(9-16)11-17/h12-15H,3-11,16H2,1-2H3. The van der Waals surface area contributed by atoms with Gasteiger partial charge in [-0.3, -0.25) is 0 Å². The molecule has 2 heteroatoms. The van der Waals surface area contributed by atoms with Crippen LogP contribution in [-0.2, 0) is 0 Å². The molecule has 1 aliphatic heterocycles. The van der Waals surface area contributed by atoms with Crippen LogP contribution in [0, 0.1) is 23.7 Å². The molecule has 100 valence electrons. The van der Waals surface area contributed by atoms with Crippen molar-refractivity contribution in [2.45, 2.75) is 46.0 Å². The van der Waals surface area contributed by atoms with Crippen LogP contribution < -0.4 is 5.73 Å². The molecule has 1 saturated carbocycles. The summed E-state index contributed by atoms with van der Waals surface area (Å²) in [5.74, 6) is 3.52. The Labute approximate surface area is 107 Å². The maximum Gasteiger partial charge on any atom is 0.00244 e. The lowest BCUT2D eigenvalue weighted by Gasteiger charge is -2.39. The second kappa shape index (κ2) is 6.19. The van der Waals surface area contributed by atoms with E-state index in [1.54, 1.807) is 0 Å². The molecule has 2 N–H and O–H groups in total. The molecule has 2 rings (SSSR count). The Morgan fingerprint density at radius 2 is 1.76 bits per heavy atom.